The number of likely N-dealkylation sites (N-methyl/N-ethyl adjacent to an activating group) is 1. The fourth-order valence-corrected chi connectivity index (χ4v) is 3.67. The van der Waals surface area contributed by atoms with Gasteiger partial charge in [-0.25, -0.2) is 0 Å². The van der Waals surface area contributed by atoms with Gasteiger partial charge in [0, 0.05) is 57.7 Å². The van der Waals surface area contributed by atoms with Gasteiger partial charge in [0.2, 0.25) is 0 Å². The van der Waals surface area contributed by atoms with E-state index in [0.717, 1.165) is 6.54 Å². The number of aromatic nitrogens is 1. The maximum Gasteiger partial charge on any atom is 0.0347 e. The summed E-state index contributed by atoms with van der Waals surface area (Å²) in [6, 6.07) is 0.562. The summed E-state index contributed by atoms with van der Waals surface area (Å²) in [5, 5.41) is 3.49. The molecule has 1 saturated heterocycles. The molecule has 0 radical (unpaired) electrons. The lowest BCUT2D eigenvalue weighted by Gasteiger charge is -2.32. The number of hydrogen-bond acceptors (Lipinski definition) is 3. The number of nitrogens with zero attached hydrogens (tertiary/aromatic N) is 3. The molecular formula is C17H30N4. The van der Waals surface area contributed by atoms with Gasteiger partial charge in [0.1, 0.15) is 0 Å². The van der Waals surface area contributed by atoms with Crippen molar-refractivity contribution in [3.8, 4) is 0 Å². The molecule has 0 spiro atoms. The van der Waals surface area contributed by atoms with E-state index in [1.165, 1.54) is 58.4 Å². The Labute approximate surface area is 129 Å². The number of fused-ring (bicyclic) bond motifs is 1. The quantitative estimate of drug-likeness (QED) is 0.854. The van der Waals surface area contributed by atoms with Crippen LogP contribution in [0.15, 0.2) is 12.4 Å². The number of piperazine rings is 1. The Morgan fingerprint density at radius 2 is 1.90 bits per heavy atom. The molecule has 1 aliphatic heterocycles. The minimum Gasteiger partial charge on any atom is -0.352 e. The third kappa shape index (κ3) is 3.68. The predicted octanol–water partition coefficient (Wildman–Crippen LogP) is 1.72. The molecule has 1 atom stereocenters. The maximum absolute atomic E-state index is 3.49. The molecule has 2 aliphatic rings. The van der Waals surface area contributed by atoms with Crippen LogP contribution in [-0.2, 0) is 13.0 Å². The summed E-state index contributed by atoms with van der Waals surface area (Å²) in [5.41, 5.74) is 3.12. The van der Waals surface area contributed by atoms with Gasteiger partial charge < -0.3 is 14.8 Å². The van der Waals surface area contributed by atoms with Crippen molar-refractivity contribution < 1.29 is 0 Å². The first-order valence-electron chi connectivity index (χ1n) is 8.53. The van der Waals surface area contributed by atoms with Gasteiger partial charge in [0.05, 0.1) is 0 Å². The van der Waals surface area contributed by atoms with Gasteiger partial charge in [0.25, 0.3) is 0 Å². The third-order valence-corrected chi connectivity index (χ3v) is 5.18. The van der Waals surface area contributed by atoms with Gasteiger partial charge in [-0.2, -0.15) is 0 Å². The van der Waals surface area contributed by atoms with Crippen LogP contribution in [0, 0.1) is 0 Å². The summed E-state index contributed by atoms with van der Waals surface area (Å²) >= 11 is 0. The number of nitrogens with one attached hydrogen (secondary N) is 1. The lowest BCUT2D eigenvalue weighted by Crippen LogP contribution is -2.45. The summed E-state index contributed by atoms with van der Waals surface area (Å²) in [6.45, 7) is 7.18. The summed E-state index contributed by atoms with van der Waals surface area (Å²) in [4.78, 5) is 5.02. The van der Waals surface area contributed by atoms with Crippen LogP contribution in [0.1, 0.15) is 36.4 Å². The van der Waals surface area contributed by atoms with Crippen molar-refractivity contribution >= 4 is 0 Å². The highest BCUT2D eigenvalue weighted by Gasteiger charge is 2.19. The molecule has 1 N–H and O–H groups in total. The minimum absolute atomic E-state index is 0.562. The van der Waals surface area contributed by atoms with Crippen LogP contribution < -0.4 is 5.32 Å². The molecule has 3 rings (SSSR count). The van der Waals surface area contributed by atoms with Crippen molar-refractivity contribution in [1.29, 1.82) is 0 Å². The molecule has 1 fully saturated rings. The van der Waals surface area contributed by atoms with E-state index in [0.29, 0.717) is 6.04 Å². The molecular weight excluding hydrogens is 260 g/mol. The standard InChI is InChI=1S/C17H30N4/c1-18-17-6-4-3-5-15-13-21(14-16(15)17)12-11-20-9-7-19(2)8-10-20/h13-14,17-18H,3-12H2,1-2H3. The van der Waals surface area contributed by atoms with Crippen LogP contribution in [0.5, 0.6) is 0 Å². The van der Waals surface area contributed by atoms with Gasteiger partial charge in [-0.15, -0.1) is 0 Å². The van der Waals surface area contributed by atoms with Crippen LogP contribution >= 0.6 is 0 Å². The average Bonchev–Trinajstić information content (AvgIpc) is 2.80. The summed E-state index contributed by atoms with van der Waals surface area (Å²) in [6.07, 6.45) is 10.0. The summed E-state index contributed by atoms with van der Waals surface area (Å²) in [5.74, 6) is 0. The zero-order chi connectivity index (χ0) is 14.7. The van der Waals surface area contributed by atoms with E-state index in [2.05, 4.69) is 46.2 Å². The lowest BCUT2D eigenvalue weighted by atomic mass is 10.1. The Bertz CT molecular complexity index is 446. The van der Waals surface area contributed by atoms with Crippen molar-refractivity contribution in [2.24, 2.45) is 0 Å². The van der Waals surface area contributed by atoms with Gasteiger partial charge in [0.15, 0.2) is 0 Å². The van der Waals surface area contributed by atoms with Crippen molar-refractivity contribution in [2.75, 3.05) is 46.8 Å². The zero-order valence-corrected chi connectivity index (χ0v) is 13.6. The normalized spacial score (nSPS) is 24.8. The average molecular weight is 290 g/mol. The first kappa shape index (κ1) is 15.1. The molecule has 1 unspecified atom stereocenters. The first-order chi connectivity index (χ1) is 10.3. The van der Waals surface area contributed by atoms with E-state index >= 15 is 0 Å². The highest BCUT2D eigenvalue weighted by Crippen LogP contribution is 2.29. The van der Waals surface area contributed by atoms with Crippen molar-refractivity contribution in [1.82, 2.24) is 19.7 Å². The Kier molecular flexibility index (Phi) is 4.99. The van der Waals surface area contributed by atoms with Gasteiger partial charge in [-0.3, -0.25) is 4.90 Å². The molecule has 21 heavy (non-hydrogen) atoms. The molecule has 0 aromatic carbocycles. The molecule has 1 aromatic heterocycles. The molecule has 4 heteroatoms. The van der Waals surface area contributed by atoms with Gasteiger partial charge >= 0.3 is 0 Å². The highest BCUT2D eigenvalue weighted by molar-refractivity contribution is 5.29. The topological polar surface area (TPSA) is 23.4 Å². The molecule has 0 saturated carbocycles. The predicted molar refractivity (Wildman–Crippen MR) is 87.7 cm³/mol. The molecule has 1 aliphatic carbocycles. The van der Waals surface area contributed by atoms with Crippen LogP contribution in [0.2, 0.25) is 0 Å². The van der Waals surface area contributed by atoms with Crippen LogP contribution in [0.25, 0.3) is 0 Å². The SMILES string of the molecule is CNC1CCCCc2cn(CCN3CCN(C)CC3)cc21. The van der Waals surface area contributed by atoms with E-state index in [-0.39, 0.29) is 0 Å². The maximum atomic E-state index is 3.49. The smallest absolute Gasteiger partial charge is 0.0347 e. The fraction of sp³-hybridized carbons (Fsp3) is 0.765. The largest absolute Gasteiger partial charge is 0.352 e. The molecule has 118 valence electrons. The van der Waals surface area contributed by atoms with Crippen molar-refractivity contribution in [3.05, 3.63) is 23.5 Å². The Morgan fingerprint density at radius 3 is 2.67 bits per heavy atom. The van der Waals surface area contributed by atoms with Crippen LogP contribution in [0.3, 0.4) is 0 Å². The second-order valence-corrected chi connectivity index (χ2v) is 6.71. The minimum atomic E-state index is 0.562. The van der Waals surface area contributed by atoms with Crippen LogP contribution in [-0.4, -0.2) is 61.2 Å². The highest BCUT2D eigenvalue weighted by atomic mass is 15.2. The van der Waals surface area contributed by atoms with Gasteiger partial charge in [-0.1, -0.05) is 6.42 Å². The Balaban J connectivity index is 1.59. The summed E-state index contributed by atoms with van der Waals surface area (Å²) in [7, 11) is 4.32. The van der Waals surface area contributed by atoms with Crippen LogP contribution in [0.4, 0.5) is 0 Å². The van der Waals surface area contributed by atoms with E-state index in [9.17, 15) is 0 Å². The fourth-order valence-electron chi connectivity index (χ4n) is 3.67. The van der Waals surface area contributed by atoms with E-state index in [1.54, 1.807) is 11.1 Å². The molecule has 0 amide bonds. The lowest BCUT2D eigenvalue weighted by molar-refractivity contribution is 0.150. The Morgan fingerprint density at radius 1 is 1.10 bits per heavy atom. The van der Waals surface area contributed by atoms with Crippen molar-refractivity contribution in [2.45, 2.75) is 38.3 Å². The van der Waals surface area contributed by atoms with E-state index in [4.69, 9.17) is 0 Å². The molecule has 0 bridgehead atoms. The summed E-state index contributed by atoms with van der Waals surface area (Å²) < 4.78 is 2.43. The zero-order valence-electron chi connectivity index (χ0n) is 13.6. The van der Waals surface area contributed by atoms with Crippen molar-refractivity contribution in [3.63, 3.8) is 0 Å². The first-order valence-corrected chi connectivity index (χ1v) is 8.53. The Hall–Kier alpha value is -0.840. The molecule has 4 nitrogen and oxygen atoms in total. The number of aryl methyl sites for hydroxylation is 1. The monoisotopic (exact) mass is 290 g/mol. The number of hydrogen-bond donors (Lipinski definition) is 1. The number of rotatable bonds is 4. The third-order valence-electron chi connectivity index (χ3n) is 5.18. The molecule has 2 heterocycles. The van der Waals surface area contributed by atoms with E-state index < -0.39 is 0 Å². The second-order valence-electron chi connectivity index (χ2n) is 6.71. The van der Waals surface area contributed by atoms with E-state index in [1.807, 2.05) is 0 Å². The van der Waals surface area contributed by atoms with Gasteiger partial charge in [-0.05, 0) is 44.5 Å². The molecule has 1 aromatic rings. The second kappa shape index (κ2) is 6.95.